The van der Waals surface area contributed by atoms with Crippen LogP contribution in [0.15, 0.2) is 42.5 Å². The molecule has 2 aromatic carbocycles. The molecule has 1 unspecified atom stereocenters. The van der Waals surface area contributed by atoms with Gasteiger partial charge in [-0.15, -0.1) is 0 Å². The molecule has 0 saturated heterocycles. The average Bonchev–Trinajstić information content (AvgIpc) is 2.42. The van der Waals surface area contributed by atoms with Crippen LogP contribution in [0.4, 0.5) is 0 Å². The van der Waals surface area contributed by atoms with Crippen LogP contribution < -0.4 is 5.32 Å². The molecule has 0 heterocycles. The maximum atomic E-state index is 12.2. The summed E-state index contributed by atoms with van der Waals surface area (Å²) >= 11 is 5.86. The van der Waals surface area contributed by atoms with E-state index in [-0.39, 0.29) is 11.9 Å². The zero-order valence-electron chi connectivity index (χ0n) is 11.9. The van der Waals surface area contributed by atoms with Crippen LogP contribution in [-0.4, -0.2) is 5.91 Å². The molecule has 2 rings (SSSR count). The van der Waals surface area contributed by atoms with E-state index in [1.807, 2.05) is 63.2 Å². The van der Waals surface area contributed by atoms with Gasteiger partial charge >= 0.3 is 0 Å². The lowest BCUT2D eigenvalue weighted by molar-refractivity contribution is 0.0940. The largest absolute Gasteiger partial charge is 0.346 e. The molecule has 2 nitrogen and oxygen atoms in total. The van der Waals surface area contributed by atoms with Crippen molar-refractivity contribution in [2.75, 3.05) is 0 Å². The monoisotopic (exact) mass is 287 g/mol. The zero-order valence-corrected chi connectivity index (χ0v) is 12.7. The standard InChI is InChI=1S/C17H18ClNO/c1-11-4-5-15(10-12(11)2)17(20)19-13(3)14-6-8-16(18)9-7-14/h4-10,13H,1-3H3,(H,19,20). The summed E-state index contributed by atoms with van der Waals surface area (Å²) in [7, 11) is 0. The third-order valence-corrected chi connectivity index (χ3v) is 3.74. The molecule has 0 radical (unpaired) electrons. The van der Waals surface area contributed by atoms with Crippen LogP contribution in [-0.2, 0) is 0 Å². The molecule has 3 heteroatoms. The van der Waals surface area contributed by atoms with E-state index in [0.717, 1.165) is 11.1 Å². The van der Waals surface area contributed by atoms with E-state index < -0.39 is 0 Å². The lowest BCUT2D eigenvalue weighted by Gasteiger charge is -2.15. The first-order chi connectivity index (χ1) is 9.47. The van der Waals surface area contributed by atoms with Crippen LogP contribution in [0.1, 0.15) is 40.0 Å². The second kappa shape index (κ2) is 6.10. The van der Waals surface area contributed by atoms with Crippen molar-refractivity contribution in [2.45, 2.75) is 26.8 Å². The Bertz CT molecular complexity index is 619. The van der Waals surface area contributed by atoms with Gasteiger partial charge < -0.3 is 5.32 Å². The number of hydrogen-bond acceptors (Lipinski definition) is 1. The number of hydrogen-bond donors (Lipinski definition) is 1. The molecular weight excluding hydrogens is 270 g/mol. The Morgan fingerprint density at radius 2 is 1.70 bits per heavy atom. The number of aryl methyl sites for hydroxylation is 2. The topological polar surface area (TPSA) is 29.1 Å². The van der Waals surface area contributed by atoms with E-state index in [1.54, 1.807) is 0 Å². The predicted molar refractivity (Wildman–Crippen MR) is 83.2 cm³/mol. The molecule has 0 aliphatic heterocycles. The summed E-state index contributed by atoms with van der Waals surface area (Å²) in [5.41, 5.74) is 4.03. The first-order valence-electron chi connectivity index (χ1n) is 6.61. The normalized spacial score (nSPS) is 12.0. The summed E-state index contributed by atoms with van der Waals surface area (Å²) in [6.45, 7) is 6.00. The lowest BCUT2D eigenvalue weighted by atomic mass is 10.0. The van der Waals surface area contributed by atoms with Gasteiger partial charge in [0.1, 0.15) is 0 Å². The van der Waals surface area contributed by atoms with Gasteiger partial charge in [-0.1, -0.05) is 29.8 Å². The molecule has 1 N–H and O–H groups in total. The highest BCUT2D eigenvalue weighted by Crippen LogP contribution is 2.17. The highest BCUT2D eigenvalue weighted by Gasteiger charge is 2.11. The minimum Gasteiger partial charge on any atom is -0.346 e. The van der Waals surface area contributed by atoms with Gasteiger partial charge in [-0.3, -0.25) is 4.79 Å². The van der Waals surface area contributed by atoms with Gasteiger partial charge in [0.15, 0.2) is 0 Å². The SMILES string of the molecule is Cc1ccc(C(=O)NC(C)c2ccc(Cl)cc2)cc1C. The summed E-state index contributed by atoms with van der Waals surface area (Å²) in [5, 5.41) is 3.69. The molecule has 0 aromatic heterocycles. The number of nitrogens with one attached hydrogen (secondary N) is 1. The lowest BCUT2D eigenvalue weighted by Crippen LogP contribution is -2.26. The third kappa shape index (κ3) is 3.40. The van der Waals surface area contributed by atoms with E-state index in [0.29, 0.717) is 10.6 Å². The fourth-order valence-electron chi connectivity index (χ4n) is 2.00. The molecule has 104 valence electrons. The van der Waals surface area contributed by atoms with Gasteiger partial charge in [-0.25, -0.2) is 0 Å². The Labute approximate surface area is 124 Å². The zero-order chi connectivity index (χ0) is 14.7. The van der Waals surface area contributed by atoms with Crippen molar-refractivity contribution in [1.82, 2.24) is 5.32 Å². The average molecular weight is 288 g/mol. The van der Waals surface area contributed by atoms with E-state index in [9.17, 15) is 4.79 Å². The van der Waals surface area contributed by atoms with Gasteiger partial charge in [0.2, 0.25) is 0 Å². The number of amides is 1. The van der Waals surface area contributed by atoms with E-state index >= 15 is 0 Å². The number of carbonyl (C=O) groups excluding carboxylic acids is 1. The summed E-state index contributed by atoms with van der Waals surface area (Å²) in [5.74, 6) is -0.0597. The fraction of sp³-hybridized carbons (Fsp3) is 0.235. The molecule has 0 fully saturated rings. The van der Waals surface area contributed by atoms with Crippen molar-refractivity contribution in [2.24, 2.45) is 0 Å². The van der Waals surface area contributed by atoms with Crippen molar-refractivity contribution in [1.29, 1.82) is 0 Å². The van der Waals surface area contributed by atoms with Gasteiger partial charge in [0.05, 0.1) is 6.04 Å². The second-order valence-corrected chi connectivity index (χ2v) is 5.48. The molecule has 2 aromatic rings. The smallest absolute Gasteiger partial charge is 0.251 e. The Morgan fingerprint density at radius 1 is 1.05 bits per heavy atom. The van der Waals surface area contributed by atoms with Crippen LogP contribution in [0.3, 0.4) is 0 Å². The van der Waals surface area contributed by atoms with Crippen molar-refractivity contribution in [3.05, 3.63) is 69.7 Å². The Kier molecular flexibility index (Phi) is 4.46. The minimum absolute atomic E-state index is 0.0543. The van der Waals surface area contributed by atoms with Crippen LogP contribution in [0.5, 0.6) is 0 Å². The molecule has 1 atom stereocenters. The highest BCUT2D eigenvalue weighted by molar-refractivity contribution is 6.30. The third-order valence-electron chi connectivity index (χ3n) is 3.49. The van der Waals surface area contributed by atoms with Crippen molar-refractivity contribution in [3.8, 4) is 0 Å². The van der Waals surface area contributed by atoms with Gasteiger partial charge in [-0.2, -0.15) is 0 Å². The number of halogens is 1. The summed E-state index contributed by atoms with van der Waals surface area (Å²) in [4.78, 5) is 12.2. The van der Waals surface area contributed by atoms with Crippen LogP contribution in [0.25, 0.3) is 0 Å². The first-order valence-corrected chi connectivity index (χ1v) is 6.99. The molecule has 0 aliphatic rings. The first kappa shape index (κ1) is 14.6. The van der Waals surface area contributed by atoms with Gasteiger partial charge in [-0.05, 0) is 61.7 Å². The minimum atomic E-state index is -0.0597. The molecule has 0 bridgehead atoms. The maximum Gasteiger partial charge on any atom is 0.251 e. The Hall–Kier alpha value is -1.80. The van der Waals surface area contributed by atoms with E-state index in [1.165, 1.54) is 5.56 Å². The molecule has 0 saturated carbocycles. The highest BCUT2D eigenvalue weighted by atomic mass is 35.5. The molecule has 0 spiro atoms. The Morgan fingerprint density at radius 3 is 2.30 bits per heavy atom. The van der Waals surface area contributed by atoms with Crippen molar-refractivity contribution >= 4 is 17.5 Å². The second-order valence-electron chi connectivity index (χ2n) is 5.05. The van der Waals surface area contributed by atoms with Gasteiger partial charge in [0, 0.05) is 10.6 Å². The van der Waals surface area contributed by atoms with E-state index in [2.05, 4.69) is 5.32 Å². The van der Waals surface area contributed by atoms with Crippen molar-refractivity contribution < 1.29 is 4.79 Å². The Balaban J connectivity index is 2.10. The van der Waals surface area contributed by atoms with Crippen molar-refractivity contribution in [3.63, 3.8) is 0 Å². The van der Waals surface area contributed by atoms with Crippen LogP contribution >= 0.6 is 11.6 Å². The maximum absolute atomic E-state index is 12.2. The number of benzene rings is 2. The molecule has 0 aliphatic carbocycles. The number of rotatable bonds is 3. The predicted octanol–water partition coefficient (Wildman–Crippen LogP) is 4.45. The molecule has 20 heavy (non-hydrogen) atoms. The summed E-state index contributed by atoms with van der Waals surface area (Å²) < 4.78 is 0. The molecule has 1 amide bonds. The quantitative estimate of drug-likeness (QED) is 0.888. The summed E-state index contributed by atoms with van der Waals surface area (Å²) in [6, 6.07) is 13.2. The summed E-state index contributed by atoms with van der Waals surface area (Å²) in [6.07, 6.45) is 0. The number of carbonyl (C=O) groups is 1. The molecular formula is C17H18ClNO. The van der Waals surface area contributed by atoms with Crippen LogP contribution in [0.2, 0.25) is 5.02 Å². The van der Waals surface area contributed by atoms with E-state index in [4.69, 9.17) is 11.6 Å². The van der Waals surface area contributed by atoms with Gasteiger partial charge in [0.25, 0.3) is 5.91 Å². The van der Waals surface area contributed by atoms with Crippen LogP contribution in [0, 0.1) is 13.8 Å². The fourth-order valence-corrected chi connectivity index (χ4v) is 2.12.